The van der Waals surface area contributed by atoms with Gasteiger partial charge in [0, 0.05) is 18.0 Å². The summed E-state index contributed by atoms with van der Waals surface area (Å²) < 4.78 is 0. The average molecular weight is 133 g/mol. The highest BCUT2D eigenvalue weighted by Crippen LogP contribution is 2.17. The van der Waals surface area contributed by atoms with E-state index in [9.17, 15) is 0 Å². The van der Waals surface area contributed by atoms with Crippen molar-refractivity contribution in [3.8, 4) is 0 Å². The minimum atomic E-state index is -0.00713. The van der Waals surface area contributed by atoms with E-state index in [0.717, 1.165) is 5.57 Å². The van der Waals surface area contributed by atoms with Crippen LogP contribution in [0.15, 0.2) is 33.4 Å². The number of hydrogen-bond donors (Lipinski definition) is 1. The highest BCUT2D eigenvalue weighted by molar-refractivity contribution is 5.85. The molecule has 1 atom stereocenters. The standard InChI is InChI=1S/C7H7N3/c8-6-3-5-1-2-9-7(5)10-4-6/h1-4,7H,8H2/t7-/m1/s1. The van der Waals surface area contributed by atoms with Crippen molar-refractivity contribution in [1.29, 1.82) is 0 Å². The first-order valence-electron chi connectivity index (χ1n) is 3.10. The molecule has 0 spiro atoms. The van der Waals surface area contributed by atoms with Crippen LogP contribution in [0.2, 0.25) is 0 Å². The van der Waals surface area contributed by atoms with Crippen LogP contribution in [-0.4, -0.2) is 18.6 Å². The predicted octanol–water partition coefficient (Wildman–Crippen LogP) is 0.250. The molecule has 0 aromatic carbocycles. The van der Waals surface area contributed by atoms with E-state index in [1.54, 1.807) is 12.4 Å². The topological polar surface area (TPSA) is 50.7 Å². The molecular formula is C7H7N3. The third-order valence-corrected chi connectivity index (χ3v) is 1.49. The molecule has 0 saturated heterocycles. The highest BCUT2D eigenvalue weighted by Gasteiger charge is 2.14. The lowest BCUT2D eigenvalue weighted by atomic mass is 10.1. The van der Waals surface area contributed by atoms with Gasteiger partial charge in [0.2, 0.25) is 0 Å². The summed E-state index contributed by atoms with van der Waals surface area (Å²) in [5.41, 5.74) is 7.29. The molecule has 0 amide bonds. The molecule has 50 valence electrons. The van der Waals surface area contributed by atoms with Crippen LogP contribution in [0.25, 0.3) is 0 Å². The van der Waals surface area contributed by atoms with Gasteiger partial charge in [0.15, 0.2) is 6.17 Å². The third-order valence-electron chi connectivity index (χ3n) is 1.49. The van der Waals surface area contributed by atoms with Crippen LogP contribution in [0.3, 0.4) is 0 Å². The van der Waals surface area contributed by atoms with E-state index in [2.05, 4.69) is 9.98 Å². The lowest BCUT2D eigenvalue weighted by molar-refractivity contribution is 0.858. The Morgan fingerprint density at radius 1 is 1.40 bits per heavy atom. The van der Waals surface area contributed by atoms with Gasteiger partial charge in [-0.2, -0.15) is 0 Å². The lowest BCUT2D eigenvalue weighted by Gasteiger charge is -2.08. The van der Waals surface area contributed by atoms with Crippen molar-refractivity contribution in [3.05, 3.63) is 23.4 Å². The molecular weight excluding hydrogens is 126 g/mol. The molecule has 0 aliphatic carbocycles. The van der Waals surface area contributed by atoms with Crippen LogP contribution in [-0.2, 0) is 0 Å². The largest absolute Gasteiger partial charge is 0.397 e. The van der Waals surface area contributed by atoms with Gasteiger partial charge in [0.05, 0.1) is 5.70 Å². The second-order valence-corrected chi connectivity index (χ2v) is 2.26. The Morgan fingerprint density at radius 2 is 2.30 bits per heavy atom. The first-order chi connectivity index (χ1) is 4.86. The van der Waals surface area contributed by atoms with Crippen LogP contribution >= 0.6 is 0 Å². The molecule has 2 aliphatic rings. The van der Waals surface area contributed by atoms with Gasteiger partial charge >= 0.3 is 0 Å². The van der Waals surface area contributed by atoms with Crippen molar-refractivity contribution >= 4 is 12.4 Å². The van der Waals surface area contributed by atoms with E-state index in [4.69, 9.17) is 5.73 Å². The molecule has 2 N–H and O–H groups in total. The van der Waals surface area contributed by atoms with Crippen LogP contribution < -0.4 is 5.73 Å². The molecule has 0 saturated carbocycles. The number of fused-ring (bicyclic) bond motifs is 1. The van der Waals surface area contributed by atoms with E-state index in [1.807, 2.05) is 12.2 Å². The van der Waals surface area contributed by atoms with Crippen molar-refractivity contribution < 1.29 is 0 Å². The summed E-state index contributed by atoms with van der Waals surface area (Å²) in [7, 11) is 0. The van der Waals surface area contributed by atoms with Crippen molar-refractivity contribution in [2.75, 3.05) is 0 Å². The second kappa shape index (κ2) is 1.80. The lowest BCUT2D eigenvalue weighted by Crippen LogP contribution is -2.11. The Balaban J connectivity index is 2.39. The number of allylic oxidation sites excluding steroid dienone is 2. The Labute approximate surface area is 58.7 Å². The zero-order valence-corrected chi connectivity index (χ0v) is 5.36. The van der Waals surface area contributed by atoms with Gasteiger partial charge in [0.1, 0.15) is 0 Å². The molecule has 0 bridgehead atoms. The molecule has 2 rings (SSSR count). The van der Waals surface area contributed by atoms with Crippen LogP contribution in [0.1, 0.15) is 0 Å². The normalized spacial score (nSPS) is 27.8. The molecule has 3 heteroatoms. The zero-order chi connectivity index (χ0) is 6.97. The second-order valence-electron chi connectivity index (χ2n) is 2.26. The SMILES string of the molecule is NC1=CC2=CC=N[C@@H]2N=C1. The predicted molar refractivity (Wildman–Crippen MR) is 41.1 cm³/mol. The minimum absolute atomic E-state index is 0.00713. The van der Waals surface area contributed by atoms with Gasteiger partial charge in [-0.1, -0.05) is 0 Å². The molecule has 3 nitrogen and oxygen atoms in total. The summed E-state index contributed by atoms with van der Waals surface area (Å²) in [5.74, 6) is 0. The monoisotopic (exact) mass is 133 g/mol. The van der Waals surface area contributed by atoms with Crippen molar-refractivity contribution in [2.45, 2.75) is 6.17 Å². The first-order valence-corrected chi connectivity index (χ1v) is 3.10. The van der Waals surface area contributed by atoms with Crippen LogP contribution in [0, 0.1) is 0 Å². The third kappa shape index (κ3) is 0.673. The van der Waals surface area contributed by atoms with Crippen molar-refractivity contribution in [3.63, 3.8) is 0 Å². The Morgan fingerprint density at radius 3 is 3.20 bits per heavy atom. The number of aliphatic imine (C=N–C) groups is 2. The summed E-state index contributed by atoms with van der Waals surface area (Å²) in [6.07, 6.45) is 7.21. The van der Waals surface area contributed by atoms with Gasteiger partial charge in [-0.25, -0.2) is 0 Å². The Kier molecular flexibility index (Phi) is 0.974. The van der Waals surface area contributed by atoms with Gasteiger partial charge in [-0.15, -0.1) is 0 Å². The molecule has 0 aromatic rings. The molecule has 0 fully saturated rings. The molecule has 2 heterocycles. The fourth-order valence-corrected chi connectivity index (χ4v) is 1.02. The highest BCUT2D eigenvalue weighted by atomic mass is 15.0. The summed E-state index contributed by atoms with van der Waals surface area (Å²) in [4.78, 5) is 8.16. The van der Waals surface area contributed by atoms with E-state index >= 15 is 0 Å². The fraction of sp³-hybridized carbons (Fsp3) is 0.143. The van der Waals surface area contributed by atoms with Crippen LogP contribution in [0.4, 0.5) is 0 Å². The maximum Gasteiger partial charge on any atom is 0.165 e. The van der Waals surface area contributed by atoms with Crippen molar-refractivity contribution in [1.82, 2.24) is 0 Å². The Bertz CT molecular complexity index is 271. The molecule has 0 aromatic heterocycles. The van der Waals surface area contributed by atoms with Crippen LogP contribution in [0.5, 0.6) is 0 Å². The molecule has 10 heavy (non-hydrogen) atoms. The number of nitrogens with two attached hydrogens (primary N) is 1. The molecule has 2 aliphatic heterocycles. The summed E-state index contributed by atoms with van der Waals surface area (Å²) in [6.45, 7) is 0. The van der Waals surface area contributed by atoms with Gasteiger partial charge in [-0.3, -0.25) is 9.98 Å². The van der Waals surface area contributed by atoms with E-state index in [1.165, 1.54) is 0 Å². The fourth-order valence-electron chi connectivity index (χ4n) is 1.02. The number of dihydropyridines is 1. The van der Waals surface area contributed by atoms with Gasteiger partial charge in [-0.05, 0) is 12.2 Å². The summed E-state index contributed by atoms with van der Waals surface area (Å²) >= 11 is 0. The van der Waals surface area contributed by atoms with E-state index in [-0.39, 0.29) is 6.17 Å². The van der Waals surface area contributed by atoms with E-state index in [0.29, 0.717) is 5.70 Å². The van der Waals surface area contributed by atoms with Gasteiger partial charge < -0.3 is 5.73 Å². The van der Waals surface area contributed by atoms with E-state index < -0.39 is 0 Å². The van der Waals surface area contributed by atoms with Crippen molar-refractivity contribution in [2.24, 2.45) is 15.7 Å². The number of rotatable bonds is 0. The average Bonchev–Trinajstić information content (AvgIpc) is 2.33. The maximum absolute atomic E-state index is 5.51. The zero-order valence-electron chi connectivity index (χ0n) is 5.36. The minimum Gasteiger partial charge on any atom is -0.397 e. The first kappa shape index (κ1) is 5.41. The quantitative estimate of drug-likeness (QED) is 0.506. The summed E-state index contributed by atoms with van der Waals surface area (Å²) in [6, 6.07) is 0. The van der Waals surface area contributed by atoms with Gasteiger partial charge in [0.25, 0.3) is 0 Å². The smallest absolute Gasteiger partial charge is 0.165 e. The molecule has 0 radical (unpaired) electrons. The molecule has 0 unspecified atom stereocenters. The number of hydrogen-bond acceptors (Lipinski definition) is 3. The maximum atomic E-state index is 5.51. The Hall–Kier alpha value is -1.38. The summed E-state index contributed by atoms with van der Waals surface area (Å²) in [5, 5.41) is 0. The number of nitrogens with zero attached hydrogens (tertiary/aromatic N) is 2.